The summed E-state index contributed by atoms with van der Waals surface area (Å²) in [7, 11) is -1.08. The van der Waals surface area contributed by atoms with Gasteiger partial charge in [-0.3, -0.25) is 14.4 Å². The molecule has 1 atom stereocenters. The molecule has 1 saturated heterocycles. The molecule has 0 radical (unpaired) electrons. The third kappa shape index (κ3) is 4.23. The van der Waals surface area contributed by atoms with Crippen molar-refractivity contribution in [1.82, 2.24) is 18.8 Å². The monoisotopic (exact) mass is 470 g/mol. The van der Waals surface area contributed by atoms with Gasteiger partial charge in [0.25, 0.3) is 0 Å². The molecule has 1 N–H and O–H groups in total. The summed E-state index contributed by atoms with van der Waals surface area (Å²) in [5.74, 6) is -0.317. The zero-order chi connectivity index (χ0) is 23.8. The quantitative estimate of drug-likeness (QED) is 0.535. The Morgan fingerprint density at radius 2 is 1.67 bits per heavy atom. The number of amides is 1. The van der Waals surface area contributed by atoms with Crippen molar-refractivity contribution >= 4 is 27.0 Å². The molecule has 4 rings (SSSR count). The van der Waals surface area contributed by atoms with Gasteiger partial charge in [-0.15, -0.1) is 0 Å². The van der Waals surface area contributed by atoms with E-state index in [1.807, 2.05) is 30.3 Å². The van der Waals surface area contributed by atoms with E-state index in [1.165, 1.54) is 41.2 Å². The van der Waals surface area contributed by atoms with Gasteiger partial charge in [-0.25, -0.2) is 8.42 Å². The molecule has 174 valence electrons. The van der Waals surface area contributed by atoms with E-state index in [0.717, 1.165) is 10.1 Å². The Balaban J connectivity index is 1.58. The maximum Gasteiger partial charge on any atom is 0.316 e. The molecular formula is C23H26N4O5S. The zero-order valence-electron chi connectivity index (χ0n) is 18.5. The summed E-state index contributed by atoms with van der Waals surface area (Å²) in [6.45, 7) is 0.655. The van der Waals surface area contributed by atoms with Crippen molar-refractivity contribution in [2.45, 2.75) is 30.2 Å². The lowest BCUT2D eigenvalue weighted by Crippen LogP contribution is -2.46. The largest absolute Gasteiger partial charge is 0.354 e. The number of carbonyl (C=O) groups is 1. The van der Waals surface area contributed by atoms with Crippen LogP contribution in [0.1, 0.15) is 18.4 Å². The fourth-order valence-electron chi connectivity index (χ4n) is 4.24. The van der Waals surface area contributed by atoms with E-state index in [1.54, 1.807) is 0 Å². The van der Waals surface area contributed by atoms with Crippen molar-refractivity contribution in [3.8, 4) is 0 Å². The predicted octanol–water partition coefficient (Wildman–Crippen LogP) is 0.749. The second-order valence-corrected chi connectivity index (χ2v) is 10.1. The van der Waals surface area contributed by atoms with Crippen molar-refractivity contribution in [2.75, 3.05) is 13.1 Å². The van der Waals surface area contributed by atoms with Gasteiger partial charge in [0.1, 0.15) is 6.04 Å². The molecule has 1 aliphatic heterocycles. The van der Waals surface area contributed by atoms with Gasteiger partial charge in [0.05, 0.1) is 15.9 Å². The lowest BCUT2D eigenvalue weighted by atomic mass is 10.1. The van der Waals surface area contributed by atoms with Crippen LogP contribution in [0.4, 0.5) is 0 Å². The third-order valence-electron chi connectivity index (χ3n) is 6.13. The second kappa shape index (κ2) is 8.95. The van der Waals surface area contributed by atoms with Gasteiger partial charge in [0.2, 0.25) is 15.9 Å². The summed E-state index contributed by atoms with van der Waals surface area (Å²) in [5, 5.41) is 2.86. The highest BCUT2D eigenvalue weighted by Gasteiger charge is 2.39. The first-order valence-electron chi connectivity index (χ1n) is 10.7. The number of carbonyl (C=O) groups excluding carboxylic acids is 1. The molecule has 2 heterocycles. The van der Waals surface area contributed by atoms with Crippen LogP contribution >= 0.6 is 0 Å². The van der Waals surface area contributed by atoms with Gasteiger partial charge in [-0.1, -0.05) is 30.3 Å². The molecule has 0 bridgehead atoms. The zero-order valence-corrected chi connectivity index (χ0v) is 19.3. The van der Waals surface area contributed by atoms with Crippen molar-refractivity contribution in [1.29, 1.82) is 0 Å². The summed E-state index contributed by atoms with van der Waals surface area (Å²) in [6.07, 6.45) is 1.68. The molecule has 1 aliphatic rings. The van der Waals surface area contributed by atoms with Crippen molar-refractivity contribution < 1.29 is 13.2 Å². The minimum Gasteiger partial charge on any atom is -0.354 e. The molecule has 1 unspecified atom stereocenters. The van der Waals surface area contributed by atoms with Crippen LogP contribution < -0.4 is 16.4 Å². The van der Waals surface area contributed by atoms with Gasteiger partial charge in [-0.05, 0) is 43.0 Å². The van der Waals surface area contributed by atoms with Crippen molar-refractivity contribution in [2.24, 2.45) is 14.1 Å². The molecular weight excluding hydrogens is 444 g/mol. The number of nitrogens with one attached hydrogen (secondary N) is 1. The first-order valence-corrected chi connectivity index (χ1v) is 12.2. The van der Waals surface area contributed by atoms with Crippen molar-refractivity contribution in [3.05, 3.63) is 74.8 Å². The first kappa shape index (κ1) is 22.9. The van der Waals surface area contributed by atoms with Crippen LogP contribution in [0.2, 0.25) is 0 Å². The molecule has 10 heteroatoms. The Hall–Kier alpha value is -3.24. The Labute approximate surface area is 191 Å². The number of benzene rings is 2. The van der Waals surface area contributed by atoms with Crippen LogP contribution in [0, 0.1) is 0 Å². The van der Waals surface area contributed by atoms with E-state index < -0.39 is 27.2 Å². The lowest BCUT2D eigenvalue weighted by molar-refractivity contribution is -0.124. The molecule has 1 amide bonds. The fraction of sp³-hybridized carbons (Fsp3) is 0.348. The van der Waals surface area contributed by atoms with Gasteiger partial charge in [-0.2, -0.15) is 4.31 Å². The summed E-state index contributed by atoms with van der Waals surface area (Å²) in [5.41, 5.74) is 0.428. The van der Waals surface area contributed by atoms with Crippen LogP contribution in [0.3, 0.4) is 0 Å². The number of nitrogens with zero attached hydrogens (tertiary/aromatic N) is 3. The van der Waals surface area contributed by atoms with Gasteiger partial charge < -0.3 is 14.5 Å². The van der Waals surface area contributed by atoms with E-state index in [2.05, 4.69) is 5.32 Å². The fourth-order valence-corrected chi connectivity index (χ4v) is 5.92. The van der Waals surface area contributed by atoms with Gasteiger partial charge >= 0.3 is 11.1 Å². The maximum atomic E-state index is 13.4. The van der Waals surface area contributed by atoms with Crippen LogP contribution in [-0.2, 0) is 35.3 Å². The number of aryl methyl sites for hydroxylation is 2. The molecule has 0 aliphatic carbocycles. The smallest absolute Gasteiger partial charge is 0.316 e. The van der Waals surface area contributed by atoms with E-state index in [9.17, 15) is 22.8 Å². The van der Waals surface area contributed by atoms with Crippen molar-refractivity contribution in [3.63, 3.8) is 0 Å². The molecule has 0 spiro atoms. The molecule has 1 aromatic heterocycles. The highest BCUT2D eigenvalue weighted by atomic mass is 32.2. The topological polar surface area (TPSA) is 110 Å². The Morgan fingerprint density at radius 3 is 2.36 bits per heavy atom. The van der Waals surface area contributed by atoms with Crippen LogP contribution in [0.15, 0.2) is 63.0 Å². The third-order valence-corrected chi connectivity index (χ3v) is 8.03. The van der Waals surface area contributed by atoms with E-state index in [-0.39, 0.29) is 17.3 Å². The molecule has 1 fully saturated rings. The minimum absolute atomic E-state index is 0.0207. The second-order valence-electron chi connectivity index (χ2n) is 8.18. The van der Waals surface area contributed by atoms with Crippen LogP contribution in [0.5, 0.6) is 0 Å². The van der Waals surface area contributed by atoms with Gasteiger partial charge in [0, 0.05) is 27.2 Å². The number of aromatic nitrogens is 2. The van der Waals surface area contributed by atoms with Crippen LogP contribution in [-0.4, -0.2) is 46.9 Å². The number of hydrogen-bond acceptors (Lipinski definition) is 5. The average Bonchev–Trinajstić information content (AvgIpc) is 3.33. The average molecular weight is 471 g/mol. The summed E-state index contributed by atoms with van der Waals surface area (Å²) >= 11 is 0. The highest BCUT2D eigenvalue weighted by molar-refractivity contribution is 7.89. The Morgan fingerprint density at radius 1 is 1.00 bits per heavy atom. The summed E-state index contributed by atoms with van der Waals surface area (Å²) in [6, 6.07) is 13.2. The maximum absolute atomic E-state index is 13.4. The van der Waals surface area contributed by atoms with E-state index in [4.69, 9.17) is 0 Å². The van der Waals surface area contributed by atoms with E-state index >= 15 is 0 Å². The number of hydrogen-bond donors (Lipinski definition) is 1. The molecule has 3 aromatic rings. The number of rotatable bonds is 6. The number of fused-ring (bicyclic) bond motifs is 1. The van der Waals surface area contributed by atoms with Gasteiger partial charge in [0.15, 0.2) is 0 Å². The highest BCUT2D eigenvalue weighted by Crippen LogP contribution is 2.27. The predicted molar refractivity (Wildman–Crippen MR) is 124 cm³/mol. The molecule has 2 aromatic carbocycles. The van der Waals surface area contributed by atoms with Crippen LogP contribution in [0.25, 0.3) is 11.0 Å². The first-order chi connectivity index (χ1) is 15.7. The normalized spacial score (nSPS) is 16.8. The molecule has 9 nitrogen and oxygen atoms in total. The standard InChI is InChI=1S/C23H26N4O5S/c1-25-18-11-10-17(15-20(18)26(2)23(30)22(25)29)33(31,32)27-14-6-9-19(27)21(28)24-13-12-16-7-4-3-5-8-16/h3-5,7-8,10-11,15,19H,6,9,12-14H2,1-2H3,(H,24,28). The number of sulfonamides is 1. The molecule has 33 heavy (non-hydrogen) atoms. The Bertz CT molecular complexity index is 1430. The molecule has 0 saturated carbocycles. The Kier molecular flexibility index (Phi) is 6.22. The summed E-state index contributed by atoms with van der Waals surface area (Å²) < 4.78 is 30.4. The summed E-state index contributed by atoms with van der Waals surface area (Å²) in [4.78, 5) is 37.0. The SMILES string of the molecule is Cn1c(=O)c(=O)n(C)c2cc(S(=O)(=O)N3CCCC3C(=O)NCCc3ccccc3)ccc21. The lowest BCUT2D eigenvalue weighted by Gasteiger charge is -2.24. The minimum atomic E-state index is -3.98. The van der Waals surface area contributed by atoms with E-state index in [0.29, 0.717) is 36.8 Å².